The summed E-state index contributed by atoms with van der Waals surface area (Å²) in [4.78, 5) is 23.4. The van der Waals surface area contributed by atoms with Crippen LogP contribution in [0.4, 0.5) is 0 Å². The molecule has 7 heteroatoms. The third-order valence-electron chi connectivity index (χ3n) is 3.27. The first-order valence-electron chi connectivity index (χ1n) is 6.20. The first kappa shape index (κ1) is 19.9. The van der Waals surface area contributed by atoms with Gasteiger partial charge in [-0.1, -0.05) is 28.1 Å². The second kappa shape index (κ2) is 7.24. The third kappa shape index (κ3) is 4.98. The zero-order chi connectivity index (χ0) is 15.6. The fraction of sp³-hybridized carbons (Fsp3) is 0.429. The first-order chi connectivity index (χ1) is 9.07. The van der Waals surface area contributed by atoms with Crippen LogP contribution in [0.3, 0.4) is 0 Å². The van der Waals surface area contributed by atoms with Crippen LogP contribution < -0.4 is 16.8 Å². The molecule has 1 aromatic rings. The van der Waals surface area contributed by atoms with Gasteiger partial charge in [-0.2, -0.15) is 0 Å². The van der Waals surface area contributed by atoms with Gasteiger partial charge < -0.3 is 16.8 Å². The lowest BCUT2D eigenvalue weighted by Crippen LogP contribution is -2.52. The van der Waals surface area contributed by atoms with Crippen molar-refractivity contribution in [1.29, 1.82) is 0 Å². The van der Waals surface area contributed by atoms with Crippen LogP contribution in [-0.4, -0.2) is 18.4 Å². The Labute approximate surface area is 139 Å². The predicted molar refractivity (Wildman–Crippen MR) is 88.9 cm³/mol. The number of hydrogen-bond donors (Lipinski definition) is 3. The van der Waals surface area contributed by atoms with Crippen molar-refractivity contribution >= 4 is 40.2 Å². The SMILES string of the molecule is CC(C)(CNC(=O)C(C)(N)c1ccc(Br)cc1)C(N)=O.Cl. The molecule has 0 saturated carbocycles. The van der Waals surface area contributed by atoms with Gasteiger partial charge in [-0.15, -0.1) is 12.4 Å². The maximum absolute atomic E-state index is 12.2. The highest BCUT2D eigenvalue weighted by Crippen LogP contribution is 2.21. The van der Waals surface area contributed by atoms with E-state index in [1.165, 1.54) is 0 Å². The van der Waals surface area contributed by atoms with Crippen LogP contribution in [0.2, 0.25) is 0 Å². The maximum Gasteiger partial charge on any atom is 0.244 e. The molecule has 5 nitrogen and oxygen atoms in total. The van der Waals surface area contributed by atoms with Crippen LogP contribution in [0.1, 0.15) is 26.3 Å². The van der Waals surface area contributed by atoms with Gasteiger partial charge in [0.25, 0.3) is 0 Å². The van der Waals surface area contributed by atoms with Gasteiger partial charge in [0.2, 0.25) is 11.8 Å². The van der Waals surface area contributed by atoms with Crippen LogP contribution in [-0.2, 0) is 15.1 Å². The van der Waals surface area contributed by atoms with E-state index in [1.807, 2.05) is 12.1 Å². The number of benzene rings is 1. The van der Waals surface area contributed by atoms with Gasteiger partial charge in [0.05, 0.1) is 5.41 Å². The summed E-state index contributed by atoms with van der Waals surface area (Å²) in [6, 6.07) is 7.20. The molecule has 1 unspecified atom stereocenters. The number of hydrogen-bond acceptors (Lipinski definition) is 3. The van der Waals surface area contributed by atoms with E-state index < -0.39 is 16.9 Å². The molecule has 118 valence electrons. The summed E-state index contributed by atoms with van der Waals surface area (Å²) in [5.41, 5.74) is 10.1. The second-order valence-electron chi connectivity index (χ2n) is 5.64. The monoisotopic (exact) mass is 377 g/mol. The van der Waals surface area contributed by atoms with Crippen molar-refractivity contribution in [3.05, 3.63) is 34.3 Å². The van der Waals surface area contributed by atoms with Crippen LogP contribution >= 0.6 is 28.3 Å². The van der Waals surface area contributed by atoms with Crippen molar-refractivity contribution in [3.8, 4) is 0 Å². The lowest BCUT2D eigenvalue weighted by atomic mass is 9.90. The lowest BCUT2D eigenvalue weighted by Gasteiger charge is -2.27. The highest BCUT2D eigenvalue weighted by atomic mass is 79.9. The Morgan fingerprint density at radius 3 is 2.10 bits per heavy atom. The molecule has 1 aromatic carbocycles. The van der Waals surface area contributed by atoms with Crippen molar-refractivity contribution in [3.63, 3.8) is 0 Å². The average Bonchev–Trinajstić information content (AvgIpc) is 2.36. The molecule has 0 spiro atoms. The zero-order valence-corrected chi connectivity index (χ0v) is 14.7. The Kier molecular flexibility index (Phi) is 6.86. The Bertz CT molecular complexity index is 515. The van der Waals surface area contributed by atoms with Crippen LogP contribution in [0.25, 0.3) is 0 Å². The third-order valence-corrected chi connectivity index (χ3v) is 3.80. The van der Waals surface area contributed by atoms with Crippen molar-refractivity contribution in [2.24, 2.45) is 16.9 Å². The van der Waals surface area contributed by atoms with Gasteiger partial charge in [-0.05, 0) is 38.5 Å². The van der Waals surface area contributed by atoms with E-state index in [-0.39, 0.29) is 24.9 Å². The number of carbonyl (C=O) groups excluding carboxylic acids is 2. The molecule has 0 aromatic heterocycles. The van der Waals surface area contributed by atoms with Crippen molar-refractivity contribution in [2.45, 2.75) is 26.3 Å². The minimum atomic E-state index is -1.17. The fourth-order valence-corrected chi connectivity index (χ4v) is 1.76. The second-order valence-corrected chi connectivity index (χ2v) is 6.56. The standard InChI is InChI=1S/C14H20BrN3O2.ClH/c1-13(2,11(16)19)8-18-12(20)14(3,17)9-4-6-10(15)7-5-9;/h4-7H,8,17H2,1-3H3,(H2,16,19)(H,18,20);1H. The molecule has 2 amide bonds. The van der Waals surface area contributed by atoms with Crippen LogP contribution in [0.15, 0.2) is 28.7 Å². The van der Waals surface area contributed by atoms with E-state index in [0.717, 1.165) is 4.47 Å². The summed E-state index contributed by atoms with van der Waals surface area (Å²) in [5, 5.41) is 2.68. The van der Waals surface area contributed by atoms with E-state index in [2.05, 4.69) is 21.2 Å². The molecule has 21 heavy (non-hydrogen) atoms. The number of halogens is 2. The highest BCUT2D eigenvalue weighted by molar-refractivity contribution is 9.10. The Morgan fingerprint density at radius 1 is 1.19 bits per heavy atom. The van der Waals surface area contributed by atoms with Crippen molar-refractivity contribution in [2.75, 3.05) is 6.54 Å². The Hall–Kier alpha value is -1.11. The summed E-state index contributed by atoms with van der Waals surface area (Å²) in [6.45, 7) is 5.11. The van der Waals surface area contributed by atoms with Crippen molar-refractivity contribution in [1.82, 2.24) is 5.32 Å². The number of nitrogens with one attached hydrogen (secondary N) is 1. The normalized spacial score (nSPS) is 13.8. The first-order valence-corrected chi connectivity index (χ1v) is 7.00. The minimum absolute atomic E-state index is 0. The van der Waals surface area contributed by atoms with E-state index in [0.29, 0.717) is 5.56 Å². The van der Waals surface area contributed by atoms with Crippen molar-refractivity contribution < 1.29 is 9.59 Å². The quantitative estimate of drug-likeness (QED) is 0.727. The Morgan fingerprint density at radius 2 is 1.67 bits per heavy atom. The molecule has 0 aliphatic heterocycles. The minimum Gasteiger partial charge on any atom is -0.369 e. The topological polar surface area (TPSA) is 98.2 Å². The number of amides is 2. The van der Waals surface area contributed by atoms with Gasteiger partial charge in [-0.25, -0.2) is 0 Å². The molecule has 0 bridgehead atoms. The van der Waals surface area contributed by atoms with E-state index in [1.54, 1.807) is 32.9 Å². The number of primary amides is 1. The number of nitrogens with two attached hydrogens (primary N) is 2. The largest absolute Gasteiger partial charge is 0.369 e. The van der Waals surface area contributed by atoms with Gasteiger partial charge in [-0.3, -0.25) is 9.59 Å². The van der Waals surface area contributed by atoms with E-state index in [4.69, 9.17) is 11.5 Å². The highest BCUT2D eigenvalue weighted by Gasteiger charge is 2.33. The van der Waals surface area contributed by atoms with E-state index >= 15 is 0 Å². The summed E-state index contributed by atoms with van der Waals surface area (Å²) in [6.07, 6.45) is 0. The molecule has 1 atom stereocenters. The Balaban J connectivity index is 0.00000400. The molecule has 0 aliphatic carbocycles. The molecule has 5 N–H and O–H groups in total. The lowest BCUT2D eigenvalue weighted by molar-refractivity contribution is -0.129. The fourth-order valence-electron chi connectivity index (χ4n) is 1.50. The van der Waals surface area contributed by atoms with Gasteiger partial charge in [0.1, 0.15) is 5.54 Å². The summed E-state index contributed by atoms with van der Waals surface area (Å²) >= 11 is 3.33. The molecule has 0 heterocycles. The van der Waals surface area contributed by atoms with E-state index in [9.17, 15) is 9.59 Å². The summed E-state index contributed by atoms with van der Waals surface area (Å²) in [5.74, 6) is -0.825. The molecule has 0 aliphatic rings. The molecule has 1 rings (SSSR count). The number of carbonyl (C=O) groups is 2. The van der Waals surface area contributed by atoms with Gasteiger partial charge in [0.15, 0.2) is 0 Å². The molecular formula is C14H21BrClN3O2. The molecular weight excluding hydrogens is 358 g/mol. The summed E-state index contributed by atoms with van der Waals surface area (Å²) in [7, 11) is 0. The molecule has 0 saturated heterocycles. The molecule has 0 radical (unpaired) electrons. The molecule has 0 fully saturated rings. The maximum atomic E-state index is 12.2. The van der Waals surface area contributed by atoms with Crippen LogP contribution in [0, 0.1) is 5.41 Å². The number of rotatable bonds is 5. The predicted octanol–water partition coefficient (Wildman–Crippen LogP) is 1.67. The van der Waals surface area contributed by atoms with Gasteiger partial charge in [0, 0.05) is 11.0 Å². The summed E-state index contributed by atoms with van der Waals surface area (Å²) < 4.78 is 0.910. The average molecular weight is 379 g/mol. The van der Waals surface area contributed by atoms with Gasteiger partial charge >= 0.3 is 0 Å². The van der Waals surface area contributed by atoms with Crippen LogP contribution in [0.5, 0.6) is 0 Å². The zero-order valence-electron chi connectivity index (χ0n) is 12.3. The smallest absolute Gasteiger partial charge is 0.244 e.